The van der Waals surface area contributed by atoms with E-state index in [1.807, 2.05) is 12.1 Å². The van der Waals surface area contributed by atoms with E-state index in [-0.39, 0.29) is 10.8 Å². The summed E-state index contributed by atoms with van der Waals surface area (Å²) in [6.45, 7) is 5.17. The summed E-state index contributed by atoms with van der Waals surface area (Å²) in [4.78, 5) is 12.3. The summed E-state index contributed by atoms with van der Waals surface area (Å²) < 4.78 is 2.20. The van der Waals surface area contributed by atoms with Crippen LogP contribution >= 0.6 is 11.6 Å². The Bertz CT molecular complexity index is 1290. The lowest BCUT2D eigenvalue weighted by molar-refractivity contribution is 0.0955. The zero-order valence-corrected chi connectivity index (χ0v) is 18.7. The van der Waals surface area contributed by atoms with Gasteiger partial charge in [-0.3, -0.25) is 4.79 Å². The Morgan fingerprint density at radius 2 is 1.91 bits per heavy atom. The van der Waals surface area contributed by atoms with Gasteiger partial charge in [0.05, 0.1) is 11.2 Å². The average molecular weight is 446 g/mol. The van der Waals surface area contributed by atoms with Gasteiger partial charge in [-0.15, -0.1) is 0 Å². The highest BCUT2D eigenvalue weighted by Gasteiger charge is 2.08. The summed E-state index contributed by atoms with van der Waals surface area (Å²) >= 11 is 5.86. The van der Waals surface area contributed by atoms with E-state index in [1.54, 1.807) is 6.21 Å². The monoisotopic (exact) mass is 445 g/mol. The summed E-state index contributed by atoms with van der Waals surface area (Å²) in [6.07, 6.45) is 3.69. The van der Waals surface area contributed by atoms with E-state index >= 15 is 0 Å². The van der Waals surface area contributed by atoms with E-state index in [1.165, 1.54) is 29.3 Å². The molecule has 0 saturated carbocycles. The molecule has 0 saturated heterocycles. The Morgan fingerprint density at radius 1 is 1.12 bits per heavy atom. The number of fused-ring (bicyclic) bond motifs is 1. The van der Waals surface area contributed by atoms with Crippen molar-refractivity contribution in [2.75, 3.05) is 0 Å². The summed E-state index contributed by atoms with van der Waals surface area (Å²) in [5, 5.41) is 14.8. The fourth-order valence-electron chi connectivity index (χ4n) is 3.58. The van der Waals surface area contributed by atoms with Gasteiger partial charge in [0.15, 0.2) is 0 Å². The van der Waals surface area contributed by atoms with Crippen LogP contribution in [-0.4, -0.2) is 21.8 Å². The van der Waals surface area contributed by atoms with E-state index in [9.17, 15) is 9.90 Å². The molecular weight excluding hydrogens is 422 g/mol. The molecule has 0 fully saturated rings. The van der Waals surface area contributed by atoms with Gasteiger partial charge in [0, 0.05) is 34.8 Å². The fourth-order valence-corrected chi connectivity index (χ4v) is 3.76. The third-order valence-electron chi connectivity index (χ3n) is 5.43. The highest BCUT2D eigenvalue weighted by Crippen LogP contribution is 2.24. The minimum atomic E-state index is -0.405. The molecular formula is C26H24ClN3O2. The van der Waals surface area contributed by atoms with Crippen LogP contribution in [0.25, 0.3) is 10.9 Å². The van der Waals surface area contributed by atoms with Gasteiger partial charge in [-0.05, 0) is 47.4 Å². The number of carbonyl (C=O) groups excluding carboxylic acids is 1. The first-order valence-electron chi connectivity index (χ1n) is 10.4. The molecule has 1 aromatic heterocycles. The van der Waals surface area contributed by atoms with Crippen LogP contribution in [0, 0.1) is 0 Å². The first-order chi connectivity index (χ1) is 15.4. The molecule has 3 aromatic carbocycles. The van der Waals surface area contributed by atoms with E-state index in [2.05, 4.69) is 71.5 Å². The SMILES string of the molecule is CC(C)c1ccc(Cn2ccc3c(/C=N/NC(=O)c4ccc(O)c(Cl)c4)cccc32)cc1. The Labute approximate surface area is 192 Å². The van der Waals surface area contributed by atoms with Crippen LogP contribution < -0.4 is 5.43 Å². The van der Waals surface area contributed by atoms with Crippen molar-refractivity contribution in [1.82, 2.24) is 9.99 Å². The number of aromatic nitrogens is 1. The normalized spacial score (nSPS) is 11.5. The van der Waals surface area contributed by atoms with Gasteiger partial charge >= 0.3 is 0 Å². The number of benzene rings is 3. The smallest absolute Gasteiger partial charge is 0.271 e. The summed E-state index contributed by atoms with van der Waals surface area (Å²) in [5.41, 5.74) is 7.40. The summed E-state index contributed by atoms with van der Waals surface area (Å²) in [5.74, 6) is 0.0429. The van der Waals surface area contributed by atoms with Gasteiger partial charge in [0.2, 0.25) is 0 Å². The molecule has 0 unspecified atom stereocenters. The van der Waals surface area contributed by atoms with Crippen molar-refractivity contribution in [2.24, 2.45) is 5.10 Å². The summed E-state index contributed by atoms with van der Waals surface area (Å²) in [7, 11) is 0. The van der Waals surface area contributed by atoms with Crippen LogP contribution in [0.3, 0.4) is 0 Å². The quantitative estimate of drug-likeness (QED) is 0.285. The number of halogens is 1. The first-order valence-corrected chi connectivity index (χ1v) is 10.8. The van der Waals surface area contributed by atoms with Crippen molar-refractivity contribution in [3.63, 3.8) is 0 Å². The number of hydrogen-bond donors (Lipinski definition) is 2. The van der Waals surface area contributed by atoms with E-state index in [0.29, 0.717) is 11.5 Å². The molecule has 0 aliphatic heterocycles. The molecule has 0 radical (unpaired) electrons. The van der Waals surface area contributed by atoms with Crippen molar-refractivity contribution in [1.29, 1.82) is 0 Å². The van der Waals surface area contributed by atoms with Crippen molar-refractivity contribution >= 4 is 34.6 Å². The van der Waals surface area contributed by atoms with Crippen LogP contribution in [0.5, 0.6) is 5.75 Å². The molecule has 32 heavy (non-hydrogen) atoms. The van der Waals surface area contributed by atoms with Crippen LogP contribution in [0.2, 0.25) is 5.02 Å². The molecule has 4 aromatic rings. The molecule has 0 aliphatic rings. The second-order valence-corrected chi connectivity index (χ2v) is 8.39. The number of carbonyl (C=O) groups is 1. The Hall–Kier alpha value is -3.57. The predicted octanol–water partition coefficient (Wildman–Crippen LogP) is 5.94. The van der Waals surface area contributed by atoms with Gasteiger partial charge in [0.1, 0.15) is 5.75 Å². The number of aromatic hydroxyl groups is 1. The lowest BCUT2D eigenvalue weighted by atomic mass is 10.0. The topological polar surface area (TPSA) is 66.6 Å². The van der Waals surface area contributed by atoms with Crippen LogP contribution in [0.1, 0.15) is 46.8 Å². The number of nitrogens with zero attached hydrogens (tertiary/aromatic N) is 2. The van der Waals surface area contributed by atoms with Gasteiger partial charge in [0.25, 0.3) is 5.91 Å². The minimum absolute atomic E-state index is 0.0706. The number of hydrogen-bond acceptors (Lipinski definition) is 3. The highest BCUT2D eigenvalue weighted by atomic mass is 35.5. The number of nitrogens with one attached hydrogen (secondary N) is 1. The molecule has 0 bridgehead atoms. The summed E-state index contributed by atoms with van der Waals surface area (Å²) in [6, 6.07) is 21.1. The fraction of sp³-hybridized carbons (Fsp3) is 0.154. The maximum atomic E-state index is 12.3. The molecule has 0 spiro atoms. The van der Waals surface area contributed by atoms with Crippen molar-refractivity contribution < 1.29 is 9.90 Å². The van der Waals surface area contributed by atoms with Gasteiger partial charge < -0.3 is 9.67 Å². The maximum Gasteiger partial charge on any atom is 0.271 e. The van der Waals surface area contributed by atoms with Crippen molar-refractivity contribution in [2.45, 2.75) is 26.3 Å². The third kappa shape index (κ3) is 4.68. The number of amides is 1. The second kappa shape index (κ2) is 9.28. The van der Waals surface area contributed by atoms with Crippen molar-refractivity contribution in [3.05, 3.63) is 100 Å². The standard InChI is InChI=1S/C26H24ClN3O2/c1-17(2)19-8-6-18(7-9-19)16-30-13-12-22-21(4-3-5-24(22)30)15-28-29-26(32)20-10-11-25(31)23(27)14-20/h3-15,17,31H,16H2,1-2H3,(H,29,32)/b28-15+. The highest BCUT2D eigenvalue weighted by molar-refractivity contribution is 6.32. The second-order valence-electron chi connectivity index (χ2n) is 7.99. The zero-order chi connectivity index (χ0) is 22.7. The number of phenolic OH excluding ortho intramolecular Hbond substituents is 1. The van der Waals surface area contributed by atoms with Gasteiger partial charge in [-0.25, -0.2) is 5.43 Å². The molecule has 0 atom stereocenters. The molecule has 4 rings (SSSR count). The predicted molar refractivity (Wildman–Crippen MR) is 130 cm³/mol. The lowest BCUT2D eigenvalue weighted by Crippen LogP contribution is -2.17. The number of rotatable bonds is 6. The zero-order valence-electron chi connectivity index (χ0n) is 17.9. The first kappa shape index (κ1) is 21.7. The average Bonchev–Trinajstić information content (AvgIpc) is 3.19. The Kier molecular flexibility index (Phi) is 6.28. The third-order valence-corrected chi connectivity index (χ3v) is 5.73. The molecule has 1 amide bonds. The Morgan fingerprint density at radius 3 is 2.62 bits per heavy atom. The van der Waals surface area contributed by atoms with E-state index < -0.39 is 5.91 Å². The molecule has 2 N–H and O–H groups in total. The van der Waals surface area contributed by atoms with Crippen LogP contribution in [0.4, 0.5) is 0 Å². The largest absolute Gasteiger partial charge is 0.506 e. The van der Waals surface area contributed by atoms with Crippen LogP contribution in [-0.2, 0) is 6.54 Å². The molecule has 1 heterocycles. The van der Waals surface area contributed by atoms with Crippen LogP contribution in [0.15, 0.2) is 78.0 Å². The Balaban J connectivity index is 1.50. The van der Waals surface area contributed by atoms with Crippen molar-refractivity contribution in [3.8, 4) is 5.75 Å². The minimum Gasteiger partial charge on any atom is -0.506 e. The van der Waals surface area contributed by atoms with Gasteiger partial charge in [-0.1, -0.05) is 61.8 Å². The van der Waals surface area contributed by atoms with E-state index in [0.717, 1.165) is 23.0 Å². The molecule has 162 valence electrons. The molecule has 6 heteroatoms. The molecule has 0 aliphatic carbocycles. The van der Waals surface area contributed by atoms with E-state index in [4.69, 9.17) is 11.6 Å². The molecule has 5 nitrogen and oxygen atoms in total. The van der Waals surface area contributed by atoms with Gasteiger partial charge in [-0.2, -0.15) is 5.10 Å². The number of phenols is 1. The maximum absolute atomic E-state index is 12.3. The lowest BCUT2D eigenvalue weighted by Gasteiger charge is -2.09. The number of hydrazone groups is 1.